The Labute approximate surface area is 94.9 Å². The number of rotatable bonds is 2. The number of amides is 1. The molecule has 16 heavy (non-hydrogen) atoms. The minimum absolute atomic E-state index is 0.114. The summed E-state index contributed by atoms with van der Waals surface area (Å²) in [6.07, 6.45) is 2.60. The van der Waals surface area contributed by atoms with Gasteiger partial charge in [0.1, 0.15) is 5.82 Å². The monoisotopic (exact) mass is 221 g/mol. The third-order valence-electron chi connectivity index (χ3n) is 3.25. The highest BCUT2D eigenvalue weighted by Crippen LogP contribution is 2.30. The molecule has 0 aromatic heterocycles. The summed E-state index contributed by atoms with van der Waals surface area (Å²) in [7, 11) is 0. The van der Waals surface area contributed by atoms with Gasteiger partial charge in [0.15, 0.2) is 0 Å². The molecule has 1 aromatic carbocycles. The van der Waals surface area contributed by atoms with E-state index in [-0.39, 0.29) is 17.1 Å². The maximum absolute atomic E-state index is 12.8. The van der Waals surface area contributed by atoms with Crippen LogP contribution in [-0.2, 0) is 11.2 Å². The first kappa shape index (κ1) is 11.1. The van der Waals surface area contributed by atoms with E-state index in [0.29, 0.717) is 6.42 Å². The molecular formula is C13H16FNO. The van der Waals surface area contributed by atoms with Crippen molar-refractivity contribution in [2.24, 2.45) is 5.41 Å². The van der Waals surface area contributed by atoms with E-state index < -0.39 is 0 Å². The summed E-state index contributed by atoms with van der Waals surface area (Å²) in [5, 5.41) is 2.89. The van der Waals surface area contributed by atoms with Gasteiger partial charge in [-0.3, -0.25) is 4.79 Å². The smallest absolute Gasteiger partial charge is 0.226 e. The van der Waals surface area contributed by atoms with Crippen LogP contribution >= 0.6 is 0 Å². The number of benzene rings is 1. The first-order chi connectivity index (χ1) is 7.60. The van der Waals surface area contributed by atoms with Crippen LogP contribution in [0.2, 0.25) is 0 Å². The molecule has 1 heterocycles. The average Bonchev–Trinajstić information content (AvgIpc) is 2.26. The highest BCUT2D eigenvalue weighted by atomic mass is 19.1. The Morgan fingerprint density at radius 2 is 2.06 bits per heavy atom. The van der Waals surface area contributed by atoms with Crippen molar-refractivity contribution in [2.45, 2.75) is 26.2 Å². The number of hydrogen-bond acceptors (Lipinski definition) is 1. The number of carbonyl (C=O) groups excluding carboxylic acids is 1. The van der Waals surface area contributed by atoms with Crippen molar-refractivity contribution in [2.75, 3.05) is 6.54 Å². The Balaban J connectivity index is 2.13. The van der Waals surface area contributed by atoms with Crippen LogP contribution in [0.15, 0.2) is 24.3 Å². The molecule has 0 spiro atoms. The van der Waals surface area contributed by atoms with Crippen LogP contribution < -0.4 is 5.32 Å². The minimum atomic E-state index is -0.337. The molecule has 1 amide bonds. The van der Waals surface area contributed by atoms with Crippen molar-refractivity contribution < 1.29 is 9.18 Å². The molecule has 1 aromatic rings. The maximum Gasteiger partial charge on any atom is 0.226 e. The second-order valence-electron chi connectivity index (χ2n) is 4.72. The molecule has 1 fully saturated rings. The van der Waals surface area contributed by atoms with Crippen molar-refractivity contribution in [3.05, 3.63) is 35.6 Å². The van der Waals surface area contributed by atoms with Gasteiger partial charge in [0, 0.05) is 6.54 Å². The van der Waals surface area contributed by atoms with Crippen molar-refractivity contribution in [1.29, 1.82) is 0 Å². The second kappa shape index (κ2) is 4.24. The van der Waals surface area contributed by atoms with Crippen molar-refractivity contribution in [3.63, 3.8) is 0 Å². The van der Waals surface area contributed by atoms with Gasteiger partial charge in [-0.05, 0) is 37.0 Å². The fourth-order valence-corrected chi connectivity index (χ4v) is 2.23. The first-order valence-corrected chi connectivity index (χ1v) is 5.63. The molecule has 0 saturated carbocycles. The second-order valence-corrected chi connectivity index (χ2v) is 4.72. The van der Waals surface area contributed by atoms with Crippen LogP contribution in [0.5, 0.6) is 0 Å². The lowest BCUT2D eigenvalue weighted by Gasteiger charge is -2.32. The van der Waals surface area contributed by atoms with Crippen LogP contribution in [0.25, 0.3) is 0 Å². The van der Waals surface area contributed by atoms with Crippen molar-refractivity contribution >= 4 is 5.91 Å². The standard InChI is InChI=1S/C13H16FNO/c1-13(7-2-8-15-12(13)16)9-10-3-5-11(14)6-4-10/h3-6H,2,7-9H2,1H3,(H,15,16). The average molecular weight is 221 g/mol. The Hall–Kier alpha value is -1.38. The summed E-state index contributed by atoms with van der Waals surface area (Å²) in [6.45, 7) is 2.75. The fourth-order valence-electron chi connectivity index (χ4n) is 2.23. The number of hydrogen-bond donors (Lipinski definition) is 1. The molecular weight excluding hydrogens is 205 g/mol. The van der Waals surface area contributed by atoms with Gasteiger partial charge in [-0.25, -0.2) is 4.39 Å². The summed E-state index contributed by atoms with van der Waals surface area (Å²) in [4.78, 5) is 11.8. The zero-order valence-electron chi connectivity index (χ0n) is 9.42. The van der Waals surface area contributed by atoms with Gasteiger partial charge in [-0.15, -0.1) is 0 Å². The molecule has 0 radical (unpaired) electrons. The van der Waals surface area contributed by atoms with E-state index in [1.165, 1.54) is 12.1 Å². The van der Waals surface area contributed by atoms with E-state index in [4.69, 9.17) is 0 Å². The Kier molecular flexibility index (Phi) is 2.95. The Morgan fingerprint density at radius 3 is 2.69 bits per heavy atom. The van der Waals surface area contributed by atoms with Crippen LogP contribution in [0.1, 0.15) is 25.3 Å². The molecule has 1 unspecified atom stereocenters. The third-order valence-corrected chi connectivity index (χ3v) is 3.25. The lowest BCUT2D eigenvalue weighted by Crippen LogP contribution is -2.45. The fraction of sp³-hybridized carbons (Fsp3) is 0.462. The van der Waals surface area contributed by atoms with E-state index in [1.54, 1.807) is 12.1 Å². The number of piperidine rings is 1. The van der Waals surface area contributed by atoms with Crippen LogP contribution in [-0.4, -0.2) is 12.5 Å². The molecule has 0 bridgehead atoms. The van der Waals surface area contributed by atoms with Gasteiger partial charge in [0.2, 0.25) is 5.91 Å². The van der Waals surface area contributed by atoms with Crippen LogP contribution in [0.3, 0.4) is 0 Å². The molecule has 1 aliphatic rings. The largest absolute Gasteiger partial charge is 0.356 e. The lowest BCUT2D eigenvalue weighted by molar-refractivity contribution is -0.132. The van der Waals surface area contributed by atoms with Crippen LogP contribution in [0.4, 0.5) is 4.39 Å². The van der Waals surface area contributed by atoms with Crippen molar-refractivity contribution in [1.82, 2.24) is 5.32 Å². The molecule has 1 N–H and O–H groups in total. The van der Waals surface area contributed by atoms with E-state index >= 15 is 0 Å². The lowest BCUT2D eigenvalue weighted by atomic mass is 9.77. The summed E-state index contributed by atoms with van der Waals surface area (Å²) >= 11 is 0. The van der Waals surface area contributed by atoms with E-state index in [9.17, 15) is 9.18 Å². The Bertz CT molecular complexity index is 387. The quantitative estimate of drug-likeness (QED) is 0.815. The molecule has 1 aliphatic heterocycles. The number of nitrogens with one attached hydrogen (secondary N) is 1. The summed E-state index contributed by atoms with van der Waals surface area (Å²) in [5.74, 6) is -0.120. The number of halogens is 1. The minimum Gasteiger partial charge on any atom is -0.356 e. The van der Waals surface area contributed by atoms with Crippen LogP contribution in [0, 0.1) is 11.2 Å². The molecule has 2 rings (SSSR count). The van der Waals surface area contributed by atoms with Gasteiger partial charge in [-0.1, -0.05) is 19.1 Å². The predicted octanol–water partition coefficient (Wildman–Crippen LogP) is 2.28. The van der Waals surface area contributed by atoms with Gasteiger partial charge < -0.3 is 5.32 Å². The van der Waals surface area contributed by atoms with E-state index in [0.717, 1.165) is 24.9 Å². The highest BCUT2D eigenvalue weighted by molar-refractivity contribution is 5.83. The molecule has 0 aliphatic carbocycles. The van der Waals surface area contributed by atoms with Gasteiger partial charge in [0.25, 0.3) is 0 Å². The van der Waals surface area contributed by atoms with E-state index in [2.05, 4.69) is 5.32 Å². The SMILES string of the molecule is CC1(Cc2ccc(F)cc2)CCCNC1=O. The Morgan fingerprint density at radius 1 is 1.38 bits per heavy atom. The molecule has 3 heteroatoms. The summed E-state index contributed by atoms with van der Waals surface area (Å²) in [6, 6.07) is 6.39. The predicted molar refractivity (Wildman–Crippen MR) is 60.5 cm³/mol. The normalized spacial score (nSPS) is 25.2. The summed E-state index contributed by atoms with van der Waals surface area (Å²) in [5.41, 5.74) is 0.678. The van der Waals surface area contributed by atoms with E-state index in [1.807, 2.05) is 6.92 Å². The molecule has 1 saturated heterocycles. The molecule has 1 atom stereocenters. The molecule has 2 nitrogen and oxygen atoms in total. The van der Waals surface area contributed by atoms with Gasteiger partial charge in [0.05, 0.1) is 5.41 Å². The maximum atomic E-state index is 12.8. The number of carbonyl (C=O) groups is 1. The zero-order valence-corrected chi connectivity index (χ0v) is 9.42. The highest BCUT2D eigenvalue weighted by Gasteiger charge is 2.35. The van der Waals surface area contributed by atoms with Gasteiger partial charge >= 0.3 is 0 Å². The van der Waals surface area contributed by atoms with Gasteiger partial charge in [-0.2, -0.15) is 0 Å². The first-order valence-electron chi connectivity index (χ1n) is 5.63. The third kappa shape index (κ3) is 2.23. The zero-order chi connectivity index (χ0) is 11.6. The molecule has 86 valence electrons. The summed E-state index contributed by atoms with van der Waals surface area (Å²) < 4.78 is 12.8. The topological polar surface area (TPSA) is 29.1 Å². The van der Waals surface area contributed by atoms with Crippen molar-refractivity contribution in [3.8, 4) is 0 Å².